The van der Waals surface area contributed by atoms with Crippen molar-refractivity contribution < 1.29 is 14.3 Å². The predicted octanol–water partition coefficient (Wildman–Crippen LogP) is 2.75. The fourth-order valence-electron chi connectivity index (χ4n) is 3.26. The Balaban J connectivity index is 1.62. The number of hydrogen-bond acceptors (Lipinski definition) is 5. The van der Waals surface area contributed by atoms with Crippen LogP contribution in [-0.4, -0.2) is 40.6 Å². The Morgan fingerprint density at radius 2 is 2.12 bits per heavy atom. The smallest absolute Gasteiger partial charge is 0.293 e. The van der Waals surface area contributed by atoms with Crippen LogP contribution in [0, 0.1) is 19.8 Å². The fraction of sp³-hybridized carbons (Fsp3) is 0.474. The topological polar surface area (TPSA) is 78.6 Å². The number of nitrogens with one attached hydrogen (secondary N) is 1. The number of benzene rings is 1. The van der Waals surface area contributed by atoms with E-state index in [-0.39, 0.29) is 18.3 Å². The summed E-state index contributed by atoms with van der Waals surface area (Å²) in [7, 11) is 0. The van der Waals surface area contributed by atoms with Crippen molar-refractivity contribution in [2.75, 3.05) is 25.0 Å². The number of amides is 1. The highest BCUT2D eigenvalue weighted by Crippen LogP contribution is 2.20. The van der Waals surface area contributed by atoms with Crippen molar-refractivity contribution in [1.82, 2.24) is 9.88 Å². The molecule has 0 radical (unpaired) electrons. The second kappa shape index (κ2) is 7.80. The van der Waals surface area contributed by atoms with Crippen molar-refractivity contribution >= 4 is 11.6 Å². The zero-order chi connectivity index (χ0) is 17.8. The third kappa shape index (κ3) is 4.46. The minimum absolute atomic E-state index is 0.258. The largest absolute Gasteiger partial charge is 0.436 e. The third-order valence-electron chi connectivity index (χ3n) is 4.67. The molecule has 1 aromatic carbocycles. The normalized spacial score (nSPS) is 16.1. The first-order valence-corrected chi connectivity index (χ1v) is 8.72. The van der Waals surface area contributed by atoms with Crippen LogP contribution in [0.15, 0.2) is 28.7 Å². The highest BCUT2D eigenvalue weighted by molar-refractivity contribution is 6.02. The molecule has 0 bridgehead atoms. The molecule has 3 rings (SSSR count). The van der Waals surface area contributed by atoms with E-state index in [9.17, 15) is 9.90 Å². The number of aromatic nitrogens is 1. The maximum Gasteiger partial charge on any atom is 0.293 e. The molecule has 2 aromatic rings. The van der Waals surface area contributed by atoms with Crippen LogP contribution in [-0.2, 0) is 6.54 Å². The molecule has 1 fully saturated rings. The Morgan fingerprint density at radius 1 is 1.36 bits per heavy atom. The average Bonchev–Trinajstić information content (AvgIpc) is 2.94. The van der Waals surface area contributed by atoms with E-state index in [4.69, 9.17) is 4.42 Å². The van der Waals surface area contributed by atoms with E-state index in [1.807, 2.05) is 18.2 Å². The first-order valence-electron chi connectivity index (χ1n) is 8.72. The van der Waals surface area contributed by atoms with Gasteiger partial charge in [-0.15, -0.1) is 0 Å². The van der Waals surface area contributed by atoms with Gasteiger partial charge in [0.05, 0.1) is 5.69 Å². The lowest BCUT2D eigenvalue weighted by atomic mass is 9.97. The Kier molecular flexibility index (Phi) is 5.50. The molecule has 0 aliphatic carbocycles. The van der Waals surface area contributed by atoms with Gasteiger partial charge in [0.2, 0.25) is 5.76 Å². The van der Waals surface area contributed by atoms with E-state index < -0.39 is 0 Å². The second-order valence-electron chi connectivity index (χ2n) is 6.70. The maximum atomic E-state index is 12.3. The summed E-state index contributed by atoms with van der Waals surface area (Å²) in [4.78, 5) is 18.9. The molecular formula is C19H25N3O3. The van der Waals surface area contributed by atoms with Crippen molar-refractivity contribution in [3.8, 4) is 0 Å². The molecule has 1 amide bonds. The molecule has 0 saturated carbocycles. The van der Waals surface area contributed by atoms with Crippen molar-refractivity contribution in [2.45, 2.75) is 33.2 Å². The zero-order valence-electron chi connectivity index (χ0n) is 14.8. The molecule has 2 N–H and O–H groups in total. The van der Waals surface area contributed by atoms with Crippen LogP contribution in [0.3, 0.4) is 0 Å². The number of carbonyl (C=O) groups excluding carboxylic acids is 1. The number of piperidine rings is 1. The summed E-state index contributed by atoms with van der Waals surface area (Å²) in [5.74, 6) is 0.908. The minimum Gasteiger partial charge on any atom is -0.436 e. The SMILES string of the molecule is Cc1nc(C)c(C(=O)Nc2cccc(CN3CCC(CO)CC3)c2)o1. The molecular weight excluding hydrogens is 318 g/mol. The lowest BCUT2D eigenvalue weighted by molar-refractivity contribution is 0.0994. The summed E-state index contributed by atoms with van der Waals surface area (Å²) < 4.78 is 5.37. The predicted molar refractivity (Wildman–Crippen MR) is 95.5 cm³/mol. The minimum atomic E-state index is -0.279. The van der Waals surface area contributed by atoms with Crippen molar-refractivity contribution in [3.05, 3.63) is 47.2 Å². The van der Waals surface area contributed by atoms with Gasteiger partial charge in [-0.2, -0.15) is 0 Å². The quantitative estimate of drug-likeness (QED) is 0.873. The summed E-state index contributed by atoms with van der Waals surface area (Å²) in [6, 6.07) is 7.88. The van der Waals surface area contributed by atoms with Crippen LogP contribution in [0.2, 0.25) is 0 Å². The summed E-state index contributed by atoms with van der Waals surface area (Å²) in [6.45, 7) is 6.62. The first kappa shape index (κ1) is 17.6. The highest BCUT2D eigenvalue weighted by atomic mass is 16.4. The zero-order valence-corrected chi connectivity index (χ0v) is 14.8. The van der Waals surface area contributed by atoms with Gasteiger partial charge in [0.25, 0.3) is 5.91 Å². The van der Waals surface area contributed by atoms with Gasteiger partial charge in [0.1, 0.15) is 0 Å². The van der Waals surface area contributed by atoms with Gasteiger partial charge in [-0.3, -0.25) is 9.69 Å². The van der Waals surface area contributed by atoms with Crippen LogP contribution in [0.25, 0.3) is 0 Å². The molecule has 0 unspecified atom stereocenters. The van der Waals surface area contributed by atoms with E-state index in [1.54, 1.807) is 13.8 Å². The fourth-order valence-corrected chi connectivity index (χ4v) is 3.26. The van der Waals surface area contributed by atoms with Crippen LogP contribution >= 0.6 is 0 Å². The Hall–Kier alpha value is -2.18. The summed E-state index contributed by atoms with van der Waals surface area (Å²) in [6.07, 6.45) is 2.08. The number of hydrogen-bond donors (Lipinski definition) is 2. The van der Waals surface area contributed by atoms with Gasteiger partial charge >= 0.3 is 0 Å². The molecule has 0 atom stereocenters. The number of oxazole rings is 1. The number of likely N-dealkylation sites (tertiary alicyclic amines) is 1. The van der Waals surface area contributed by atoms with E-state index in [0.29, 0.717) is 17.5 Å². The number of rotatable bonds is 5. The molecule has 1 aromatic heterocycles. The van der Waals surface area contributed by atoms with Gasteiger partial charge < -0.3 is 14.8 Å². The summed E-state index contributed by atoms with van der Waals surface area (Å²) in [5, 5.41) is 12.1. The van der Waals surface area contributed by atoms with Crippen LogP contribution in [0.4, 0.5) is 5.69 Å². The Morgan fingerprint density at radius 3 is 2.76 bits per heavy atom. The Labute approximate surface area is 147 Å². The van der Waals surface area contributed by atoms with Gasteiger partial charge in [-0.1, -0.05) is 12.1 Å². The molecule has 25 heavy (non-hydrogen) atoms. The van der Waals surface area contributed by atoms with Gasteiger partial charge in [0.15, 0.2) is 5.89 Å². The second-order valence-corrected chi connectivity index (χ2v) is 6.70. The monoisotopic (exact) mass is 343 g/mol. The summed E-state index contributed by atoms with van der Waals surface area (Å²) >= 11 is 0. The standard InChI is InChI=1S/C19H25N3O3/c1-13-18(25-14(2)20-13)19(24)21-17-5-3-4-16(10-17)11-22-8-6-15(12-23)7-9-22/h3-5,10,15,23H,6-9,11-12H2,1-2H3,(H,21,24). The van der Waals surface area contributed by atoms with Gasteiger partial charge in [0, 0.05) is 25.8 Å². The van der Waals surface area contributed by atoms with Crippen LogP contribution in [0.5, 0.6) is 0 Å². The Bertz CT molecular complexity index is 733. The molecule has 6 nitrogen and oxygen atoms in total. The van der Waals surface area contributed by atoms with Crippen LogP contribution in [0.1, 0.15) is 40.5 Å². The van der Waals surface area contributed by atoms with E-state index in [0.717, 1.165) is 43.7 Å². The van der Waals surface area contributed by atoms with Gasteiger partial charge in [-0.05, 0) is 56.5 Å². The van der Waals surface area contributed by atoms with E-state index >= 15 is 0 Å². The molecule has 0 spiro atoms. The lowest BCUT2D eigenvalue weighted by Gasteiger charge is -2.31. The molecule has 1 aliphatic rings. The highest BCUT2D eigenvalue weighted by Gasteiger charge is 2.19. The number of aliphatic hydroxyl groups is 1. The molecule has 6 heteroatoms. The van der Waals surface area contributed by atoms with E-state index in [2.05, 4.69) is 21.3 Å². The molecule has 2 heterocycles. The average molecular weight is 343 g/mol. The van der Waals surface area contributed by atoms with Crippen molar-refractivity contribution in [3.63, 3.8) is 0 Å². The number of nitrogens with zero attached hydrogens (tertiary/aromatic N) is 2. The molecule has 1 saturated heterocycles. The van der Waals surface area contributed by atoms with Gasteiger partial charge in [-0.25, -0.2) is 4.98 Å². The molecule has 134 valence electrons. The summed E-state index contributed by atoms with van der Waals surface area (Å²) in [5.41, 5.74) is 2.50. The van der Waals surface area contributed by atoms with E-state index in [1.165, 1.54) is 0 Å². The first-order chi connectivity index (χ1) is 12.0. The number of carbonyl (C=O) groups is 1. The molecule has 1 aliphatic heterocycles. The maximum absolute atomic E-state index is 12.3. The number of aryl methyl sites for hydroxylation is 2. The number of aliphatic hydroxyl groups excluding tert-OH is 1. The third-order valence-corrected chi connectivity index (χ3v) is 4.67. The number of anilines is 1. The van der Waals surface area contributed by atoms with Crippen molar-refractivity contribution in [2.24, 2.45) is 5.92 Å². The van der Waals surface area contributed by atoms with Crippen molar-refractivity contribution in [1.29, 1.82) is 0 Å². The van der Waals surface area contributed by atoms with Crippen LogP contribution < -0.4 is 5.32 Å². The lowest BCUT2D eigenvalue weighted by Crippen LogP contribution is -2.34.